The number of nitrogens with zero attached hydrogens (tertiary/aromatic N) is 1. The average molecular weight is 435 g/mol. The van der Waals surface area contributed by atoms with Gasteiger partial charge in [-0.15, -0.1) is 0 Å². The molecule has 0 bridgehead atoms. The molecule has 1 aromatic heterocycles. The molecule has 3 aromatic rings. The summed E-state index contributed by atoms with van der Waals surface area (Å²) in [6.07, 6.45) is 0. The third-order valence-electron chi connectivity index (χ3n) is 4.08. The van der Waals surface area contributed by atoms with E-state index >= 15 is 0 Å². The molecule has 1 N–H and O–H groups in total. The number of anilines is 1. The van der Waals surface area contributed by atoms with Crippen molar-refractivity contribution in [3.8, 4) is 5.75 Å². The fourth-order valence-electron chi connectivity index (χ4n) is 2.82. The molecule has 1 heterocycles. The number of esters is 1. The van der Waals surface area contributed by atoms with Gasteiger partial charge < -0.3 is 14.8 Å². The highest BCUT2D eigenvalue weighted by molar-refractivity contribution is 6.32. The average Bonchev–Trinajstić information content (AvgIpc) is 2.67. The summed E-state index contributed by atoms with van der Waals surface area (Å²) in [6, 6.07) is 10.9. The van der Waals surface area contributed by atoms with E-state index in [1.54, 1.807) is 13.0 Å². The molecule has 3 rings (SSSR count). The van der Waals surface area contributed by atoms with Gasteiger partial charge in [0, 0.05) is 16.8 Å². The molecule has 9 heteroatoms. The lowest BCUT2D eigenvalue weighted by Crippen LogP contribution is -2.21. The van der Waals surface area contributed by atoms with Gasteiger partial charge in [0.1, 0.15) is 5.75 Å². The van der Waals surface area contributed by atoms with Crippen LogP contribution < -0.4 is 10.1 Å². The summed E-state index contributed by atoms with van der Waals surface area (Å²) in [5.41, 5.74) is 2.80. The minimum atomic E-state index is -3.01. The van der Waals surface area contributed by atoms with Crippen LogP contribution in [0.2, 0.25) is 5.02 Å². The van der Waals surface area contributed by atoms with Gasteiger partial charge in [-0.3, -0.25) is 9.78 Å². The van der Waals surface area contributed by atoms with Crippen LogP contribution in [0.4, 0.5) is 14.5 Å². The van der Waals surface area contributed by atoms with Gasteiger partial charge in [0.2, 0.25) is 0 Å². The zero-order chi connectivity index (χ0) is 21.8. The number of ether oxygens (including phenoxy) is 2. The summed E-state index contributed by atoms with van der Waals surface area (Å²) in [5, 5.41) is 3.01. The zero-order valence-electron chi connectivity index (χ0n) is 16.0. The molecule has 0 atom stereocenters. The Morgan fingerprint density at radius 3 is 2.60 bits per heavy atom. The normalized spacial score (nSPS) is 10.9. The molecule has 0 aliphatic rings. The molecule has 0 saturated heterocycles. The largest absolute Gasteiger partial charge is 0.452 e. The molecule has 0 aliphatic carbocycles. The van der Waals surface area contributed by atoms with Crippen LogP contribution in [-0.4, -0.2) is 30.1 Å². The van der Waals surface area contributed by atoms with E-state index in [9.17, 15) is 18.4 Å². The summed E-state index contributed by atoms with van der Waals surface area (Å²) in [6.45, 7) is 0.0953. The topological polar surface area (TPSA) is 77.5 Å². The van der Waals surface area contributed by atoms with Gasteiger partial charge in [-0.2, -0.15) is 8.78 Å². The van der Waals surface area contributed by atoms with Crippen LogP contribution in [0.3, 0.4) is 0 Å². The van der Waals surface area contributed by atoms with Gasteiger partial charge in [-0.1, -0.05) is 23.2 Å². The molecular weight excluding hydrogens is 418 g/mol. The van der Waals surface area contributed by atoms with E-state index < -0.39 is 25.1 Å². The Hall–Kier alpha value is -3.26. The fourth-order valence-corrected chi connectivity index (χ4v) is 3.04. The van der Waals surface area contributed by atoms with Crippen LogP contribution >= 0.6 is 11.6 Å². The van der Waals surface area contributed by atoms with Gasteiger partial charge in [0.05, 0.1) is 16.1 Å². The van der Waals surface area contributed by atoms with Gasteiger partial charge in [-0.25, -0.2) is 4.79 Å². The lowest BCUT2D eigenvalue weighted by molar-refractivity contribution is -0.119. The molecule has 0 fully saturated rings. The minimum absolute atomic E-state index is 0.0980. The van der Waals surface area contributed by atoms with Gasteiger partial charge >= 0.3 is 12.6 Å². The molecule has 156 valence electrons. The Labute approximate surface area is 175 Å². The second kappa shape index (κ2) is 9.04. The minimum Gasteiger partial charge on any atom is -0.452 e. The quantitative estimate of drug-likeness (QED) is 0.558. The summed E-state index contributed by atoms with van der Waals surface area (Å²) < 4.78 is 33.9. The number of pyridine rings is 1. The van der Waals surface area contributed by atoms with Crippen molar-refractivity contribution >= 4 is 40.1 Å². The number of carbonyl (C=O) groups is 2. The molecular formula is C21H17ClF2N2O4. The molecule has 0 unspecified atom stereocenters. The number of fused-ring (bicyclic) bond motifs is 1. The number of hydrogen-bond donors (Lipinski definition) is 1. The number of benzene rings is 2. The van der Waals surface area contributed by atoms with Crippen molar-refractivity contribution < 1.29 is 27.8 Å². The molecule has 0 saturated carbocycles. The van der Waals surface area contributed by atoms with Crippen LogP contribution in [0.5, 0.6) is 5.75 Å². The summed E-state index contributed by atoms with van der Waals surface area (Å²) in [4.78, 5) is 29.0. The van der Waals surface area contributed by atoms with Crippen LogP contribution in [0.1, 0.15) is 21.6 Å². The standard InChI is InChI=1S/C21H17ClF2N2O4/c1-11-3-5-17-14(7-11)15(8-12(2)25-17)20(28)29-10-19(27)26-13-4-6-18(16(22)9-13)30-21(23)24/h3-9,21H,10H2,1-2H3,(H,26,27). The molecule has 0 aliphatic heterocycles. The van der Waals surface area contributed by atoms with Crippen molar-refractivity contribution in [2.24, 2.45) is 0 Å². The number of hydrogen-bond acceptors (Lipinski definition) is 5. The Balaban J connectivity index is 1.67. The van der Waals surface area contributed by atoms with E-state index in [2.05, 4.69) is 15.0 Å². The first-order valence-electron chi connectivity index (χ1n) is 8.82. The smallest absolute Gasteiger partial charge is 0.387 e. The molecule has 0 radical (unpaired) electrons. The molecule has 0 spiro atoms. The van der Waals surface area contributed by atoms with Crippen molar-refractivity contribution in [1.29, 1.82) is 0 Å². The lowest BCUT2D eigenvalue weighted by atomic mass is 10.1. The first-order valence-corrected chi connectivity index (χ1v) is 9.20. The van der Waals surface area contributed by atoms with Crippen LogP contribution in [0.25, 0.3) is 10.9 Å². The third kappa shape index (κ3) is 5.21. The SMILES string of the molecule is Cc1ccc2nc(C)cc(C(=O)OCC(=O)Nc3ccc(OC(F)F)c(Cl)c3)c2c1. The van der Waals surface area contributed by atoms with Crippen molar-refractivity contribution in [2.45, 2.75) is 20.5 Å². The molecule has 1 amide bonds. The van der Waals surface area contributed by atoms with Gasteiger partial charge in [0.25, 0.3) is 5.91 Å². The second-order valence-electron chi connectivity index (χ2n) is 6.48. The van der Waals surface area contributed by atoms with E-state index in [1.165, 1.54) is 18.2 Å². The molecule has 30 heavy (non-hydrogen) atoms. The maximum atomic E-state index is 12.5. The maximum absolute atomic E-state index is 12.5. The Bertz CT molecular complexity index is 1120. The Kier molecular flexibility index (Phi) is 6.47. The van der Waals surface area contributed by atoms with Crippen LogP contribution in [0, 0.1) is 13.8 Å². The number of amides is 1. The van der Waals surface area contributed by atoms with E-state index in [1.807, 2.05) is 25.1 Å². The monoisotopic (exact) mass is 434 g/mol. The summed E-state index contributed by atoms with van der Waals surface area (Å²) >= 11 is 5.85. The predicted octanol–water partition coefficient (Wildman–Crippen LogP) is 4.90. The number of alkyl halides is 2. The van der Waals surface area contributed by atoms with Gasteiger partial charge in [-0.05, 0) is 50.2 Å². The van der Waals surface area contributed by atoms with Gasteiger partial charge in [0.15, 0.2) is 6.61 Å². The van der Waals surface area contributed by atoms with E-state index in [0.717, 1.165) is 5.56 Å². The Morgan fingerprint density at radius 2 is 1.90 bits per heavy atom. The number of aryl methyl sites for hydroxylation is 2. The van der Waals surface area contributed by atoms with Crippen molar-refractivity contribution in [2.75, 3.05) is 11.9 Å². The maximum Gasteiger partial charge on any atom is 0.387 e. The third-order valence-corrected chi connectivity index (χ3v) is 4.37. The highest BCUT2D eigenvalue weighted by Crippen LogP contribution is 2.29. The lowest BCUT2D eigenvalue weighted by Gasteiger charge is -2.11. The molecule has 2 aromatic carbocycles. The zero-order valence-corrected chi connectivity index (χ0v) is 16.8. The predicted molar refractivity (Wildman–Crippen MR) is 108 cm³/mol. The Morgan fingerprint density at radius 1 is 1.13 bits per heavy atom. The van der Waals surface area contributed by atoms with Crippen LogP contribution in [0.15, 0.2) is 42.5 Å². The number of nitrogens with one attached hydrogen (secondary N) is 1. The van der Waals surface area contributed by atoms with E-state index in [-0.39, 0.29) is 16.5 Å². The second-order valence-corrected chi connectivity index (χ2v) is 6.89. The summed E-state index contributed by atoms with van der Waals surface area (Å²) in [5.74, 6) is -1.50. The van der Waals surface area contributed by atoms with Crippen molar-refractivity contribution in [3.63, 3.8) is 0 Å². The van der Waals surface area contributed by atoms with E-state index in [4.69, 9.17) is 16.3 Å². The van der Waals surface area contributed by atoms with Crippen molar-refractivity contribution in [3.05, 3.63) is 64.3 Å². The van der Waals surface area contributed by atoms with Crippen LogP contribution in [-0.2, 0) is 9.53 Å². The first-order chi connectivity index (χ1) is 14.2. The fraction of sp³-hybridized carbons (Fsp3) is 0.190. The summed E-state index contributed by atoms with van der Waals surface area (Å²) in [7, 11) is 0. The highest BCUT2D eigenvalue weighted by Gasteiger charge is 2.16. The molecule has 6 nitrogen and oxygen atoms in total. The number of halogens is 3. The number of aromatic nitrogens is 1. The number of rotatable bonds is 6. The van der Waals surface area contributed by atoms with E-state index in [0.29, 0.717) is 22.2 Å². The van der Waals surface area contributed by atoms with Crippen molar-refractivity contribution in [1.82, 2.24) is 4.98 Å². The highest BCUT2D eigenvalue weighted by atomic mass is 35.5. The first kappa shape index (κ1) is 21.4. The number of carbonyl (C=O) groups excluding carboxylic acids is 2.